The standard InChI is InChI=1S/C12H18N4S2/c1-7(2)16-9(14-15-11(16)17)8-6-13-10(18-8)12(3,4)5/h6-7H,1-5H3,(H,15,17). The van der Waals surface area contributed by atoms with Crippen LogP contribution >= 0.6 is 23.6 Å². The maximum atomic E-state index is 5.26. The Hall–Kier alpha value is -1.01. The fourth-order valence-corrected chi connectivity index (χ4v) is 2.99. The van der Waals surface area contributed by atoms with Crippen molar-refractivity contribution in [3.63, 3.8) is 0 Å². The molecule has 2 aromatic heterocycles. The Labute approximate surface area is 116 Å². The fourth-order valence-electron chi connectivity index (χ4n) is 1.68. The van der Waals surface area contributed by atoms with Gasteiger partial charge in [-0.15, -0.1) is 11.3 Å². The van der Waals surface area contributed by atoms with E-state index in [9.17, 15) is 0 Å². The summed E-state index contributed by atoms with van der Waals surface area (Å²) in [6.07, 6.45) is 1.88. The molecule has 0 saturated carbocycles. The first-order valence-corrected chi connectivity index (χ1v) is 7.16. The van der Waals surface area contributed by atoms with Crippen molar-refractivity contribution in [2.75, 3.05) is 0 Å². The summed E-state index contributed by atoms with van der Waals surface area (Å²) in [5, 5.41) is 8.29. The third kappa shape index (κ3) is 2.40. The van der Waals surface area contributed by atoms with Gasteiger partial charge in [-0.05, 0) is 26.1 Å². The van der Waals surface area contributed by atoms with Crippen molar-refractivity contribution in [2.45, 2.75) is 46.1 Å². The van der Waals surface area contributed by atoms with Crippen molar-refractivity contribution >= 4 is 23.6 Å². The Morgan fingerprint density at radius 1 is 1.39 bits per heavy atom. The molecule has 0 aromatic carbocycles. The molecule has 0 spiro atoms. The summed E-state index contributed by atoms with van der Waals surface area (Å²) in [6, 6.07) is 0.284. The second-order valence-corrected chi connectivity index (χ2v) is 7.01. The van der Waals surface area contributed by atoms with Crippen molar-refractivity contribution in [3.8, 4) is 10.7 Å². The van der Waals surface area contributed by atoms with E-state index in [0.29, 0.717) is 4.77 Å². The van der Waals surface area contributed by atoms with Crippen LogP contribution in [0.1, 0.15) is 45.7 Å². The molecule has 6 heteroatoms. The zero-order chi connectivity index (χ0) is 13.5. The molecule has 2 rings (SSSR count). The number of hydrogen-bond acceptors (Lipinski definition) is 4. The highest BCUT2D eigenvalue weighted by Gasteiger charge is 2.21. The van der Waals surface area contributed by atoms with E-state index >= 15 is 0 Å². The minimum Gasteiger partial charge on any atom is -0.297 e. The lowest BCUT2D eigenvalue weighted by Crippen LogP contribution is -2.09. The molecule has 0 aliphatic heterocycles. The fraction of sp³-hybridized carbons (Fsp3) is 0.583. The molecule has 18 heavy (non-hydrogen) atoms. The Kier molecular flexibility index (Phi) is 3.42. The zero-order valence-corrected chi connectivity index (χ0v) is 12.9. The molecule has 2 aromatic rings. The van der Waals surface area contributed by atoms with Gasteiger partial charge in [-0.3, -0.25) is 9.67 Å². The molecule has 0 unspecified atom stereocenters. The number of nitrogens with zero attached hydrogens (tertiary/aromatic N) is 3. The van der Waals surface area contributed by atoms with E-state index in [0.717, 1.165) is 15.7 Å². The van der Waals surface area contributed by atoms with Crippen molar-refractivity contribution in [2.24, 2.45) is 0 Å². The summed E-state index contributed by atoms with van der Waals surface area (Å²) in [5.74, 6) is 0.878. The van der Waals surface area contributed by atoms with Gasteiger partial charge in [0.1, 0.15) is 0 Å². The first-order valence-electron chi connectivity index (χ1n) is 5.94. The van der Waals surface area contributed by atoms with Crippen molar-refractivity contribution in [1.29, 1.82) is 0 Å². The summed E-state index contributed by atoms with van der Waals surface area (Å²) in [7, 11) is 0. The van der Waals surface area contributed by atoms with Crippen LogP contribution in [0.3, 0.4) is 0 Å². The highest BCUT2D eigenvalue weighted by molar-refractivity contribution is 7.71. The Balaban J connectivity index is 2.50. The third-order valence-corrected chi connectivity index (χ3v) is 4.30. The van der Waals surface area contributed by atoms with E-state index in [1.807, 2.05) is 10.8 Å². The Morgan fingerprint density at radius 2 is 2.06 bits per heavy atom. The number of aromatic nitrogens is 4. The van der Waals surface area contributed by atoms with Gasteiger partial charge < -0.3 is 0 Å². The van der Waals surface area contributed by atoms with E-state index in [-0.39, 0.29) is 11.5 Å². The molecule has 0 aliphatic carbocycles. The molecule has 0 amide bonds. The quantitative estimate of drug-likeness (QED) is 0.849. The number of H-pyrrole nitrogens is 1. The highest BCUT2D eigenvalue weighted by atomic mass is 32.1. The van der Waals surface area contributed by atoms with E-state index in [1.165, 1.54) is 0 Å². The maximum absolute atomic E-state index is 5.26. The summed E-state index contributed by atoms with van der Waals surface area (Å²) < 4.78 is 2.68. The van der Waals surface area contributed by atoms with Gasteiger partial charge in [0.15, 0.2) is 10.6 Å². The van der Waals surface area contributed by atoms with E-state index in [2.05, 4.69) is 49.8 Å². The topological polar surface area (TPSA) is 46.5 Å². The van der Waals surface area contributed by atoms with Crippen LogP contribution in [0.15, 0.2) is 6.20 Å². The van der Waals surface area contributed by atoms with Crippen LogP contribution in [-0.4, -0.2) is 19.7 Å². The normalized spacial score (nSPS) is 12.3. The molecule has 0 aliphatic rings. The highest BCUT2D eigenvalue weighted by Crippen LogP contribution is 2.32. The molecule has 0 atom stereocenters. The predicted octanol–water partition coefficient (Wildman–Crippen LogP) is 3.94. The van der Waals surface area contributed by atoms with Gasteiger partial charge in [0, 0.05) is 17.7 Å². The summed E-state index contributed by atoms with van der Waals surface area (Å²) in [5.41, 5.74) is 0.0681. The number of nitrogens with one attached hydrogen (secondary N) is 1. The van der Waals surface area contributed by atoms with Gasteiger partial charge in [0.05, 0.1) is 9.88 Å². The molecule has 2 heterocycles. The smallest absolute Gasteiger partial charge is 0.195 e. The summed E-state index contributed by atoms with van der Waals surface area (Å²) in [4.78, 5) is 5.55. The SMILES string of the molecule is CC(C)n1c(-c2cnc(C(C)(C)C)s2)n[nH]c1=S. The number of aromatic amines is 1. The number of hydrogen-bond donors (Lipinski definition) is 1. The van der Waals surface area contributed by atoms with Crippen LogP contribution in [0.5, 0.6) is 0 Å². The molecule has 0 bridgehead atoms. The Morgan fingerprint density at radius 3 is 2.56 bits per heavy atom. The van der Waals surface area contributed by atoms with E-state index in [1.54, 1.807) is 11.3 Å². The number of thiazole rings is 1. The van der Waals surface area contributed by atoms with Crippen LogP contribution in [0.4, 0.5) is 0 Å². The molecular formula is C12H18N4S2. The van der Waals surface area contributed by atoms with Gasteiger partial charge in [-0.1, -0.05) is 20.8 Å². The minimum atomic E-state index is 0.0681. The lowest BCUT2D eigenvalue weighted by molar-refractivity contribution is 0.585. The van der Waals surface area contributed by atoms with Crippen LogP contribution in [0.25, 0.3) is 10.7 Å². The second kappa shape index (κ2) is 4.59. The van der Waals surface area contributed by atoms with Gasteiger partial charge in [-0.2, -0.15) is 5.10 Å². The van der Waals surface area contributed by atoms with Crippen molar-refractivity contribution in [3.05, 3.63) is 16.0 Å². The van der Waals surface area contributed by atoms with Crippen LogP contribution in [0, 0.1) is 4.77 Å². The van der Waals surface area contributed by atoms with Crippen molar-refractivity contribution < 1.29 is 0 Å². The molecule has 0 radical (unpaired) electrons. The first-order chi connectivity index (χ1) is 8.30. The minimum absolute atomic E-state index is 0.0681. The lowest BCUT2D eigenvalue weighted by Gasteiger charge is -2.13. The molecule has 98 valence electrons. The average Bonchev–Trinajstić information content (AvgIpc) is 2.81. The summed E-state index contributed by atoms with van der Waals surface area (Å²) in [6.45, 7) is 10.7. The van der Waals surface area contributed by atoms with E-state index < -0.39 is 0 Å². The maximum Gasteiger partial charge on any atom is 0.195 e. The average molecular weight is 282 g/mol. The molecular weight excluding hydrogens is 264 g/mol. The lowest BCUT2D eigenvalue weighted by atomic mass is 9.98. The molecule has 1 N–H and O–H groups in total. The van der Waals surface area contributed by atoms with Gasteiger partial charge in [0.25, 0.3) is 0 Å². The molecule has 0 fully saturated rings. The van der Waals surface area contributed by atoms with E-state index in [4.69, 9.17) is 12.2 Å². The monoisotopic (exact) mass is 282 g/mol. The van der Waals surface area contributed by atoms with Crippen LogP contribution in [0.2, 0.25) is 0 Å². The predicted molar refractivity (Wildman–Crippen MR) is 77.6 cm³/mol. The van der Waals surface area contributed by atoms with Gasteiger partial charge in [-0.25, -0.2) is 4.98 Å². The Bertz CT molecular complexity index is 598. The van der Waals surface area contributed by atoms with Crippen LogP contribution in [-0.2, 0) is 5.41 Å². The first kappa shape index (κ1) is 13.4. The molecule has 0 saturated heterocycles. The zero-order valence-electron chi connectivity index (χ0n) is 11.3. The van der Waals surface area contributed by atoms with Crippen molar-refractivity contribution in [1.82, 2.24) is 19.7 Å². The second-order valence-electron chi connectivity index (χ2n) is 5.60. The molecule has 4 nitrogen and oxygen atoms in total. The largest absolute Gasteiger partial charge is 0.297 e. The number of rotatable bonds is 2. The van der Waals surface area contributed by atoms with Gasteiger partial charge in [0.2, 0.25) is 0 Å². The van der Waals surface area contributed by atoms with Crippen LogP contribution < -0.4 is 0 Å². The van der Waals surface area contributed by atoms with Gasteiger partial charge >= 0.3 is 0 Å². The summed E-state index contributed by atoms with van der Waals surface area (Å²) >= 11 is 6.94. The third-order valence-electron chi connectivity index (χ3n) is 2.59.